The molecule has 6 nitrogen and oxygen atoms in total. The third-order valence-electron chi connectivity index (χ3n) is 3.88. The van der Waals surface area contributed by atoms with Gasteiger partial charge >= 0.3 is 12.3 Å². The molecule has 2 N–H and O–H groups in total. The van der Waals surface area contributed by atoms with E-state index in [4.69, 9.17) is 17.3 Å². The van der Waals surface area contributed by atoms with Crippen molar-refractivity contribution in [1.82, 2.24) is 10.4 Å². The fourth-order valence-corrected chi connectivity index (χ4v) is 2.49. The van der Waals surface area contributed by atoms with E-state index in [2.05, 4.69) is 5.43 Å². The van der Waals surface area contributed by atoms with Crippen LogP contribution in [0.2, 0.25) is 0 Å². The van der Waals surface area contributed by atoms with Gasteiger partial charge in [0.15, 0.2) is 0 Å². The number of rotatable bonds is 5. The molecule has 1 aliphatic heterocycles. The van der Waals surface area contributed by atoms with Gasteiger partial charge in [-0.1, -0.05) is 0 Å². The molecule has 0 aromatic carbocycles. The Morgan fingerprint density at radius 1 is 1.40 bits per heavy atom. The summed E-state index contributed by atoms with van der Waals surface area (Å²) in [6.45, 7) is 4.61. The third-order valence-corrected chi connectivity index (χ3v) is 3.88. The van der Waals surface area contributed by atoms with E-state index < -0.39 is 48.0 Å². The maximum atomic E-state index is 13.0. The third kappa shape index (κ3) is 5.36. The van der Waals surface area contributed by atoms with Crippen LogP contribution in [0.1, 0.15) is 40.0 Å². The Bertz CT molecular complexity index is 542. The first-order chi connectivity index (χ1) is 11.2. The van der Waals surface area contributed by atoms with Crippen molar-refractivity contribution < 1.29 is 32.5 Å². The zero-order valence-corrected chi connectivity index (χ0v) is 14.4. The predicted molar refractivity (Wildman–Crippen MR) is 83.1 cm³/mol. The number of hydrogen-bond donors (Lipinski definition) is 2. The molecule has 140 valence electrons. The van der Waals surface area contributed by atoms with E-state index in [-0.39, 0.29) is 12.8 Å². The van der Waals surface area contributed by atoms with Crippen molar-refractivity contribution in [1.29, 1.82) is 0 Å². The minimum Gasteiger partial charge on any atom is -0.442 e. The van der Waals surface area contributed by atoms with Crippen LogP contribution in [0.4, 0.5) is 18.0 Å². The number of carbonyl (C=O) groups is 1. The standard InChI is InChI=1S/C15H22BF3N2O4/c1-12(2,3)25-11(22)21-7-4-10(20-21)24-9-14(16,23)8-13(5-6-13)15(17,18)19/h4,7,10,20,23H,5-6,8-9H2,1-3H3. The van der Waals surface area contributed by atoms with Crippen LogP contribution < -0.4 is 5.43 Å². The lowest BCUT2D eigenvalue weighted by atomic mass is 9.74. The number of nitrogens with one attached hydrogen (secondary N) is 1. The first-order valence-electron chi connectivity index (χ1n) is 7.89. The van der Waals surface area contributed by atoms with Gasteiger partial charge in [0, 0.05) is 11.7 Å². The fourth-order valence-electron chi connectivity index (χ4n) is 2.49. The molecule has 25 heavy (non-hydrogen) atoms. The molecule has 0 bridgehead atoms. The molecule has 1 heterocycles. The Labute approximate surface area is 145 Å². The lowest BCUT2D eigenvalue weighted by molar-refractivity contribution is -0.200. The molecule has 1 fully saturated rings. The molecule has 0 aromatic heterocycles. The number of aliphatic hydroxyl groups is 1. The molecule has 0 aromatic rings. The topological polar surface area (TPSA) is 71.0 Å². The summed E-state index contributed by atoms with van der Waals surface area (Å²) in [4.78, 5) is 11.8. The molecule has 2 radical (unpaired) electrons. The van der Waals surface area contributed by atoms with E-state index >= 15 is 0 Å². The van der Waals surface area contributed by atoms with Gasteiger partial charge in [-0.25, -0.2) is 9.80 Å². The van der Waals surface area contributed by atoms with Gasteiger partial charge in [-0.2, -0.15) is 18.6 Å². The van der Waals surface area contributed by atoms with Gasteiger partial charge < -0.3 is 14.6 Å². The minimum atomic E-state index is -4.40. The molecule has 1 amide bonds. The minimum absolute atomic E-state index is 0.0516. The Balaban J connectivity index is 1.80. The highest BCUT2D eigenvalue weighted by Gasteiger charge is 2.64. The van der Waals surface area contributed by atoms with E-state index in [9.17, 15) is 23.1 Å². The molecule has 1 aliphatic carbocycles. The quantitative estimate of drug-likeness (QED) is 0.734. The number of halogens is 3. The first-order valence-corrected chi connectivity index (χ1v) is 7.89. The number of amides is 1. The van der Waals surface area contributed by atoms with Crippen LogP contribution in [-0.2, 0) is 9.47 Å². The molecule has 2 aliphatic rings. The highest BCUT2D eigenvalue weighted by molar-refractivity contribution is 6.14. The summed E-state index contributed by atoms with van der Waals surface area (Å²) < 4.78 is 49.3. The normalized spacial score (nSPS) is 24.9. The number of ether oxygens (including phenoxy) is 2. The Kier molecular flexibility index (Phi) is 5.20. The van der Waals surface area contributed by atoms with Crippen LogP contribution in [-0.4, -0.2) is 54.2 Å². The highest BCUT2D eigenvalue weighted by atomic mass is 19.4. The Morgan fingerprint density at radius 3 is 2.48 bits per heavy atom. The van der Waals surface area contributed by atoms with Crippen LogP contribution in [0.3, 0.4) is 0 Å². The molecule has 0 saturated heterocycles. The van der Waals surface area contributed by atoms with Crippen LogP contribution in [0, 0.1) is 5.41 Å². The van der Waals surface area contributed by atoms with Crippen LogP contribution in [0.5, 0.6) is 0 Å². The molecule has 0 spiro atoms. The van der Waals surface area contributed by atoms with Crippen molar-refractivity contribution in [3.8, 4) is 0 Å². The summed E-state index contributed by atoms with van der Waals surface area (Å²) in [6, 6.07) is 0. The zero-order chi connectivity index (χ0) is 19.1. The van der Waals surface area contributed by atoms with Gasteiger partial charge in [-0.05, 0) is 46.1 Å². The fraction of sp³-hybridized carbons (Fsp3) is 0.800. The average molecular weight is 362 g/mol. The van der Waals surface area contributed by atoms with Crippen molar-refractivity contribution >= 4 is 13.9 Å². The summed E-state index contributed by atoms with van der Waals surface area (Å²) in [6.07, 6.45) is -3.79. The van der Waals surface area contributed by atoms with Gasteiger partial charge in [-0.3, -0.25) is 0 Å². The van der Waals surface area contributed by atoms with Crippen molar-refractivity contribution in [2.24, 2.45) is 5.41 Å². The molecule has 10 heteroatoms. The van der Waals surface area contributed by atoms with E-state index in [1.165, 1.54) is 12.3 Å². The number of nitrogens with zero attached hydrogens (tertiary/aromatic N) is 1. The molecular weight excluding hydrogens is 340 g/mol. The van der Waals surface area contributed by atoms with Crippen molar-refractivity contribution in [3.05, 3.63) is 12.3 Å². The van der Waals surface area contributed by atoms with Crippen LogP contribution >= 0.6 is 0 Å². The maximum absolute atomic E-state index is 13.0. The second kappa shape index (κ2) is 6.48. The second-order valence-corrected chi connectivity index (χ2v) is 7.61. The highest BCUT2D eigenvalue weighted by Crippen LogP contribution is 2.61. The van der Waals surface area contributed by atoms with Crippen molar-refractivity contribution in [2.45, 2.75) is 63.5 Å². The van der Waals surface area contributed by atoms with Gasteiger partial charge in [0.1, 0.15) is 19.7 Å². The van der Waals surface area contributed by atoms with Crippen molar-refractivity contribution in [2.75, 3.05) is 6.61 Å². The van der Waals surface area contributed by atoms with Gasteiger partial charge in [0.05, 0.1) is 12.0 Å². The van der Waals surface area contributed by atoms with Crippen LogP contribution in [0.15, 0.2) is 12.3 Å². The van der Waals surface area contributed by atoms with E-state index in [1.54, 1.807) is 20.8 Å². The van der Waals surface area contributed by atoms with E-state index in [0.717, 1.165) is 5.01 Å². The van der Waals surface area contributed by atoms with E-state index in [0.29, 0.717) is 0 Å². The number of alkyl halides is 3. The largest absolute Gasteiger partial charge is 0.442 e. The van der Waals surface area contributed by atoms with Crippen molar-refractivity contribution in [3.63, 3.8) is 0 Å². The van der Waals surface area contributed by atoms with E-state index in [1.807, 2.05) is 0 Å². The SMILES string of the molecule is [B]C(O)(COC1C=CN(C(=O)OC(C)(C)C)N1)CC1(C(F)(F)F)CC1. The monoisotopic (exact) mass is 362 g/mol. The molecular formula is C15H22BF3N2O4. The molecule has 2 rings (SSSR count). The molecule has 2 unspecified atom stereocenters. The Hall–Kier alpha value is -1.26. The summed E-state index contributed by atoms with van der Waals surface area (Å²) in [5.41, 5.74) is -2.10. The summed E-state index contributed by atoms with van der Waals surface area (Å²) in [5.74, 6) is 0. The molecule has 1 saturated carbocycles. The van der Waals surface area contributed by atoms with Gasteiger partial charge in [0.25, 0.3) is 0 Å². The molecule has 2 atom stereocenters. The predicted octanol–water partition coefficient (Wildman–Crippen LogP) is 2.19. The zero-order valence-electron chi connectivity index (χ0n) is 14.4. The first kappa shape index (κ1) is 20.1. The summed E-state index contributed by atoms with van der Waals surface area (Å²) >= 11 is 0. The van der Waals surface area contributed by atoms with Crippen LogP contribution in [0.25, 0.3) is 0 Å². The lowest BCUT2D eigenvalue weighted by Crippen LogP contribution is -2.46. The Morgan fingerprint density at radius 2 is 2.00 bits per heavy atom. The lowest BCUT2D eigenvalue weighted by Gasteiger charge is -2.31. The van der Waals surface area contributed by atoms with Gasteiger partial charge in [0.2, 0.25) is 0 Å². The van der Waals surface area contributed by atoms with Gasteiger partial charge in [-0.15, -0.1) is 0 Å². The average Bonchev–Trinajstić information content (AvgIpc) is 3.02. The number of hydrogen-bond acceptors (Lipinski definition) is 5. The smallest absolute Gasteiger partial charge is 0.429 e. The second-order valence-electron chi connectivity index (χ2n) is 7.61. The number of hydrazine groups is 1. The summed E-state index contributed by atoms with van der Waals surface area (Å²) in [7, 11) is 5.57. The number of carbonyl (C=O) groups excluding carboxylic acids is 1. The maximum Gasteiger partial charge on any atom is 0.429 e. The summed E-state index contributed by atoms with van der Waals surface area (Å²) in [5, 5.41) is 11.1.